The van der Waals surface area contributed by atoms with Gasteiger partial charge < -0.3 is 5.11 Å². The zero-order chi connectivity index (χ0) is 14.3. The maximum Gasteiger partial charge on any atom is 0.335 e. The van der Waals surface area contributed by atoms with Crippen molar-refractivity contribution in [1.82, 2.24) is 0 Å². The fraction of sp³-hybridized carbons (Fsp3) is 0.500. The number of carbonyl (C=O) groups is 1. The number of anilines is 1. The highest BCUT2D eigenvalue weighted by atomic mass is 32.2. The van der Waals surface area contributed by atoms with Gasteiger partial charge in [-0.05, 0) is 61.8 Å². The molecule has 1 aromatic rings. The van der Waals surface area contributed by atoms with Gasteiger partial charge in [-0.3, -0.25) is 4.72 Å². The first-order valence-electron chi connectivity index (χ1n) is 6.89. The van der Waals surface area contributed by atoms with Crippen LogP contribution in [0.3, 0.4) is 0 Å². The van der Waals surface area contributed by atoms with Crippen molar-refractivity contribution in [3.63, 3.8) is 0 Å². The van der Waals surface area contributed by atoms with Gasteiger partial charge in [-0.2, -0.15) is 0 Å². The molecule has 1 saturated carbocycles. The van der Waals surface area contributed by atoms with E-state index in [-0.39, 0.29) is 5.25 Å². The van der Waals surface area contributed by atoms with Crippen LogP contribution in [-0.2, 0) is 22.9 Å². The first-order valence-corrected chi connectivity index (χ1v) is 8.43. The molecular weight excluding hydrogens is 278 g/mol. The fourth-order valence-corrected chi connectivity index (χ4v) is 4.20. The number of nitrogens with one attached hydrogen (secondary N) is 1. The third-order valence-corrected chi connectivity index (χ3v) is 5.83. The molecule has 0 unspecified atom stereocenters. The molecule has 2 aliphatic rings. The second-order valence-corrected chi connectivity index (χ2v) is 7.44. The van der Waals surface area contributed by atoms with Gasteiger partial charge in [0.05, 0.1) is 16.5 Å². The Labute approximate surface area is 118 Å². The highest BCUT2D eigenvalue weighted by molar-refractivity contribution is 7.93. The Hall–Kier alpha value is -1.56. The zero-order valence-electron chi connectivity index (χ0n) is 11.1. The molecule has 0 heterocycles. The first kappa shape index (κ1) is 13.4. The van der Waals surface area contributed by atoms with Gasteiger partial charge in [0.2, 0.25) is 10.0 Å². The molecule has 3 rings (SSSR count). The minimum Gasteiger partial charge on any atom is -0.478 e. The summed E-state index contributed by atoms with van der Waals surface area (Å²) in [6.07, 6.45) is 4.78. The monoisotopic (exact) mass is 295 g/mol. The molecule has 0 aliphatic heterocycles. The average molecular weight is 295 g/mol. The van der Waals surface area contributed by atoms with Gasteiger partial charge in [0.1, 0.15) is 0 Å². The van der Waals surface area contributed by atoms with Crippen molar-refractivity contribution in [2.24, 2.45) is 0 Å². The molecular formula is C14H17NO4S. The van der Waals surface area contributed by atoms with Gasteiger partial charge in [0, 0.05) is 0 Å². The Balaban J connectivity index is 2.01. The number of hydrogen-bond donors (Lipinski definition) is 2. The Morgan fingerprint density at radius 3 is 2.40 bits per heavy atom. The summed E-state index contributed by atoms with van der Waals surface area (Å²) in [5.41, 5.74) is 2.52. The van der Waals surface area contributed by atoms with Crippen molar-refractivity contribution in [2.45, 2.75) is 43.8 Å². The van der Waals surface area contributed by atoms with Crippen LogP contribution in [0.5, 0.6) is 0 Å². The molecule has 108 valence electrons. The zero-order valence-corrected chi connectivity index (χ0v) is 11.9. The van der Waals surface area contributed by atoms with E-state index in [9.17, 15) is 18.3 Å². The lowest BCUT2D eigenvalue weighted by molar-refractivity contribution is 0.0695. The van der Waals surface area contributed by atoms with Gasteiger partial charge in [-0.15, -0.1) is 0 Å². The predicted molar refractivity (Wildman–Crippen MR) is 75.6 cm³/mol. The van der Waals surface area contributed by atoms with E-state index in [1.54, 1.807) is 6.07 Å². The summed E-state index contributed by atoms with van der Waals surface area (Å²) in [5, 5.41) is 8.95. The van der Waals surface area contributed by atoms with E-state index in [1.165, 1.54) is 6.07 Å². The lowest BCUT2D eigenvalue weighted by Gasteiger charge is -2.22. The largest absolute Gasteiger partial charge is 0.478 e. The van der Waals surface area contributed by atoms with E-state index in [4.69, 9.17) is 0 Å². The lowest BCUT2D eigenvalue weighted by Crippen LogP contribution is -2.20. The quantitative estimate of drug-likeness (QED) is 0.891. The highest BCUT2D eigenvalue weighted by Gasteiger charge is 2.36. The van der Waals surface area contributed by atoms with Crippen LogP contribution in [0.4, 0.5) is 5.69 Å². The van der Waals surface area contributed by atoms with Crippen molar-refractivity contribution in [3.05, 3.63) is 28.8 Å². The van der Waals surface area contributed by atoms with Crippen LogP contribution in [0.15, 0.2) is 12.1 Å². The summed E-state index contributed by atoms with van der Waals surface area (Å²) in [4.78, 5) is 11.2. The van der Waals surface area contributed by atoms with Crippen LogP contribution in [-0.4, -0.2) is 24.7 Å². The van der Waals surface area contributed by atoms with Crippen molar-refractivity contribution < 1.29 is 18.3 Å². The highest BCUT2D eigenvalue weighted by Crippen LogP contribution is 2.34. The van der Waals surface area contributed by atoms with E-state index in [1.807, 2.05) is 0 Å². The van der Waals surface area contributed by atoms with Crippen LogP contribution in [0, 0.1) is 0 Å². The van der Waals surface area contributed by atoms with Crippen LogP contribution in [0.25, 0.3) is 0 Å². The number of benzene rings is 1. The molecule has 2 aliphatic carbocycles. The summed E-state index contributed by atoms with van der Waals surface area (Å²) in [5.74, 6) is -0.945. The minimum absolute atomic E-state index is 0.277. The molecule has 1 fully saturated rings. The molecule has 0 bridgehead atoms. The third kappa shape index (κ3) is 2.40. The molecule has 0 aromatic heterocycles. The third-order valence-electron chi connectivity index (χ3n) is 3.98. The number of fused-ring (bicyclic) bond motifs is 1. The smallest absolute Gasteiger partial charge is 0.335 e. The van der Waals surface area contributed by atoms with Crippen LogP contribution >= 0.6 is 0 Å². The Kier molecular flexibility index (Phi) is 3.20. The van der Waals surface area contributed by atoms with Crippen LogP contribution in [0.1, 0.15) is 47.2 Å². The molecule has 6 heteroatoms. The fourth-order valence-electron chi connectivity index (χ4n) is 2.78. The standard InChI is InChI=1S/C14H17NO4S/c16-14(17)12-7-8-13(11-4-2-1-3-10(11)12)15-20(18,19)9-5-6-9/h7-9,15H,1-6H2,(H,16,17). The number of carboxylic acids is 1. The van der Waals surface area contributed by atoms with E-state index in [0.29, 0.717) is 30.5 Å². The van der Waals surface area contributed by atoms with Gasteiger partial charge in [0.25, 0.3) is 0 Å². The summed E-state index contributed by atoms with van der Waals surface area (Å²) in [6.45, 7) is 0. The molecule has 20 heavy (non-hydrogen) atoms. The topological polar surface area (TPSA) is 83.5 Å². The summed E-state index contributed by atoms with van der Waals surface area (Å²) < 4.78 is 26.7. The molecule has 0 radical (unpaired) electrons. The second-order valence-electron chi connectivity index (χ2n) is 5.48. The average Bonchev–Trinajstić information content (AvgIpc) is 3.23. The summed E-state index contributed by atoms with van der Waals surface area (Å²) >= 11 is 0. The molecule has 0 saturated heterocycles. The van der Waals surface area contributed by atoms with E-state index in [2.05, 4.69) is 4.72 Å². The molecule has 0 spiro atoms. The van der Waals surface area contributed by atoms with Crippen molar-refractivity contribution in [2.75, 3.05) is 4.72 Å². The normalized spacial score (nSPS) is 18.4. The first-order chi connectivity index (χ1) is 9.49. The Bertz CT molecular complexity index is 662. The molecule has 0 amide bonds. The Morgan fingerprint density at radius 2 is 1.80 bits per heavy atom. The van der Waals surface area contributed by atoms with Gasteiger partial charge in [-0.1, -0.05) is 0 Å². The number of rotatable bonds is 4. The second kappa shape index (κ2) is 4.77. The number of sulfonamides is 1. The summed E-state index contributed by atoms with van der Waals surface area (Å²) in [6, 6.07) is 3.10. The summed E-state index contributed by atoms with van der Waals surface area (Å²) in [7, 11) is -3.30. The molecule has 2 N–H and O–H groups in total. The molecule has 1 aromatic carbocycles. The van der Waals surface area contributed by atoms with Gasteiger partial charge in [0.15, 0.2) is 0 Å². The van der Waals surface area contributed by atoms with Crippen LogP contribution < -0.4 is 4.72 Å². The SMILES string of the molecule is O=C(O)c1ccc(NS(=O)(=O)C2CC2)c2c1CCCC2. The van der Waals surface area contributed by atoms with Crippen molar-refractivity contribution >= 4 is 21.7 Å². The van der Waals surface area contributed by atoms with E-state index >= 15 is 0 Å². The maximum atomic E-state index is 12.0. The predicted octanol–water partition coefficient (Wildman–Crippen LogP) is 2.17. The number of aromatic carboxylic acids is 1. The van der Waals surface area contributed by atoms with Crippen LogP contribution in [0.2, 0.25) is 0 Å². The van der Waals surface area contributed by atoms with E-state index < -0.39 is 16.0 Å². The molecule has 5 nitrogen and oxygen atoms in total. The van der Waals surface area contributed by atoms with Crippen molar-refractivity contribution in [3.8, 4) is 0 Å². The van der Waals surface area contributed by atoms with E-state index in [0.717, 1.165) is 30.4 Å². The molecule has 0 atom stereocenters. The van der Waals surface area contributed by atoms with Gasteiger partial charge >= 0.3 is 5.97 Å². The number of hydrogen-bond acceptors (Lipinski definition) is 3. The number of carboxylic acid groups (broad SMARTS) is 1. The lowest BCUT2D eigenvalue weighted by atomic mass is 9.87. The maximum absolute atomic E-state index is 12.0. The van der Waals surface area contributed by atoms with Crippen molar-refractivity contribution in [1.29, 1.82) is 0 Å². The minimum atomic E-state index is -3.30. The van der Waals surface area contributed by atoms with Gasteiger partial charge in [-0.25, -0.2) is 13.2 Å². The Morgan fingerprint density at radius 1 is 1.15 bits per heavy atom.